The van der Waals surface area contributed by atoms with E-state index in [9.17, 15) is 0 Å². The van der Waals surface area contributed by atoms with Crippen molar-refractivity contribution in [2.75, 3.05) is 19.0 Å². The van der Waals surface area contributed by atoms with E-state index in [-0.39, 0.29) is 10.8 Å². The molecule has 3 heteroatoms. The first-order valence-electron chi connectivity index (χ1n) is 15.8. The Bertz CT molecular complexity index is 1910. The number of allylic oxidation sites excluding steroid dienone is 9. The quantitative estimate of drug-likeness (QED) is 0.173. The number of anilines is 1. The second kappa shape index (κ2) is 11.6. The molecule has 0 amide bonds. The van der Waals surface area contributed by atoms with E-state index in [1.54, 1.807) is 0 Å². The van der Waals surface area contributed by atoms with Crippen LogP contribution in [-0.2, 0) is 10.8 Å². The highest BCUT2D eigenvalue weighted by molar-refractivity contribution is 6.32. The average Bonchev–Trinajstić information content (AvgIpc) is 3.22. The molecule has 1 heterocycles. The van der Waals surface area contributed by atoms with E-state index < -0.39 is 0 Å². The normalized spacial score (nSPS) is 18.8. The van der Waals surface area contributed by atoms with Gasteiger partial charge in [0.25, 0.3) is 0 Å². The maximum atomic E-state index is 7.13. The van der Waals surface area contributed by atoms with Gasteiger partial charge in [-0.15, -0.1) is 0 Å². The highest BCUT2D eigenvalue weighted by Crippen LogP contribution is 2.50. The molecule has 4 aromatic rings. The van der Waals surface area contributed by atoms with Crippen molar-refractivity contribution in [1.82, 2.24) is 0 Å². The van der Waals surface area contributed by atoms with Gasteiger partial charge in [-0.1, -0.05) is 119 Å². The molecule has 1 aliphatic heterocycles. The fraction of sp³-hybridized carbons (Fsp3) is 0.268. The summed E-state index contributed by atoms with van der Waals surface area (Å²) >= 11 is 7.13. The monoisotopic (exact) mass is 599 g/mol. The molecule has 0 spiro atoms. The second-order valence-electron chi connectivity index (χ2n) is 13.3. The van der Waals surface area contributed by atoms with Crippen LogP contribution in [-0.4, -0.2) is 14.1 Å². The minimum absolute atomic E-state index is 0.116. The lowest BCUT2D eigenvalue weighted by Gasteiger charge is -2.29. The molecule has 0 radical (unpaired) electrons. The summed E-state index contributed by atoms with van der Waals surface area (Å²) in [5.41, 5.74) is 9.65. The van der Waals surface area contributed by atoms with Gasteiger partial charge in [0, 0.05) is 39.9 Å². The van der Waals surface area contributed by atoms with Gasteiger partial charge in [0.05, 0.1) is 7.05 Å². The summed E-state index contributed by atoms with van der Waals surface area (Å²) in [5, 5.41) is 8.24. The van der Waals surface area contributed by atoms with E-state index in [4.69, 9.17) is 11.6 Å². The average molecular weight is 600 g/mol. The molecule has 1 aliphatic carbocycles. The minimum Gasteiger partial charge on any atom is -0.347 e. The van der Waals surface area contributed by atoms with Crippen molar-refractivity contribution in [3.63, 3.8) is 0 Å². The van der Waals surface area contributed by atoms with Crippen LogP contribution < -0.4 is 10.2 Å². The maximum Gasteiger partial charge on any atom is 0.134 e. The summed E-state index contributed by atoms with van der Waals surface area (Å²) in [7, 11) is 4.30. The fourth-order valence-corrected chi connectivity index (χ4v) is 7.69. The van der Waals surface area contributed by atoms with Crippen LogP contribution >= 0.6 is 11.6 Å². The van der Waals surface area contributed by atoms with Gasteiger partial charge in [0.2, 0.25) is 0 Å². The van der Waals surface area contributed by atoms with Crippen molar-refractivity contribution >= 4 is 44.5 Å². The first kappa shape index (κ1) is 30.2. The van der Waals surface area contributed by atoms with Crippen molar-refractivity contribution in [2.24, 2.45) is 0 Å². The van der Waals surface area contributed by atoms with Crippen LogP contribution in [0.1, 0.15) is 58.1 Å². The lowest BCUT2D eigenvalue weighted by Crippen LogP contribution is -2.73. The van der Waals surface area contributed by atoms with E-state index >= 15 is 0 Å². The molecule has 44 heavy (non-hydrogen) atoms. The number of fused-ring (bicyclic) bond motifs is 4. The van der Waals surface area contributed by atoms with Gasteiger partial charge >= 0.3 is 0 Å². The van der Waals surface area contributed by atoms with Crippen molar-refractivity contribution in [2.45, 2.75) is 57.8 Å². The number of rotatable bonds is 6. The Morgan fingerprint density at radius 3 is 2.30 bits per heavy atom. The van der Waals surface area contributed by atoms with Crippen molar-refractivity contribution < 1.29 is 5.32 Å². The molecule has 2 nitrogen and oxygen atoms in total. The molecule has 2 aliphatic rings. The van der Waals surface area contributed by atoms with Crippen LogP contribution in [0.3, 0.4) is 0 Å². The number of benzene rings is 4. The summed E-state index contributed by atoms with van der Waals surface area (Å²) < 4.78 is 0. The topological polar surface area (TPSA) is 19.9 Å². The third kappa shape index (κ3) is 5.05. The van der Waals surface area contributed by atoms with Crippen LogP contribution in [0.25, 0.3) is 21.5 Å². The van der Waals surface area contributed by atoms with E-state index in [0.29, 0.717) is 0 Å². The summed E-state index contributed by atoms with van der Waals surface area (Å²) in [6.07, 6.45) is 12.0. The predicted molar refractivity (Wildman–Crippen MR) is 191 cm³/mol. The standard InChI is InChI=1S/C41H43ClN2/c1-27(40(2,3)37-32-17-10-8-13-28(32)21-24-34(37)43-6)19-20-30-15-12-16-31(39(30)42)23-26-36-41(4,5)38-33-18-11-9-14-29(33)22-25-35(38)44(36)7/h8-11,13-14,17-26,43H,1,12,15-16H2,2-7H3/p+1. The first-order valence-corrected chi connectivity index (χ1v) is 16.2. The van der Waals surface area contributed by atoms with Gasteiger partial charge in [-0.25, -0.2) is 0 Å². The van der Waals surface area contributed by atoms with E-state index in [2.05, 4.69) is 156 Å². The highest BCUT2D eigenvalue weighted by Gasteiger charge is 2.39. The Labute approximate surface area is 268 Å². The van der Waals surface area contributed by atoms with Crippen LogP contribution in [0.2, 0.25) is 0 Å². The minimum atomic E-state index is -0.248. The van der Waals surface area contributed by atoms with Crippen LogP contribution in [0.5, 0.6) is 0 Å². The SMILES string of the molecule is C=C(C=CC1=C(Cl)C(=CC=C2N(C)c3ccc4ccccc4c3C2(C)C)CCC1)C(C)(C)c1c([NH2+]C)ccc2ccccc12. The van der Waals surface area contributed by atoms with E-state index in [1.807, 2.05) is 0 Å². The van der Waals surface area contributed by atoms with Gasteiger partial charge < -0.3 is 10.2 Å². The molecule has 0 aromatic heterocycles. The van der Waals surface area contributed by atoms with Crippen LogP contribution in [0, 0.1) is 0 Å². The number of quaternary nitrogens is 1. The number of hydrogen-bond donors (Lipinski definition) is 1. The molecule has 0 atom stereocenters. The Kier molecular flexibility index (Phi) is 7.94. The molecule has 224 valence electrons. The van der Waals surface area contributed by atoms with E-state index in [0.717, 1.165) is 29.9 Å². The van der Waals surface area contributed by atoms with Gasteiger partial charge in [-0.2, -0.15) is 0 Å². The molecular formula is C41H44ClN2+. The lowest BCUT2D eigenvalue weighted by molar-refractivity contribution is -0.540. The Balaban J connectivity index is 1.31. The number of nitrogens with zero attached hydrogens (tertiary/aromatic N) is 1. The number of hydrogen-bond acceptors (Lipinski definition) is 1. The zero-order chi connectivity index (χ0) is 31.2. The predicted octanol–water partition coefficient (Wildman–Crippen LogP) is 10.1. The number of halogens is 1. The molecular weight excluding hydrogens is 556 g/mol. The van der Waals surface area contributed by atoms with Crippen LogP contribution in [0.4, 0.5) is 11.4 Å². The number of likely N-dealkylation sites (N-methyl/N-ethyl adjacent to an activating group) is 1. The van der Waals surface area contributed by atoms with Gasteiger partial charge in [-0.3, -0.25) is 0 Å². The lowest BCUT2D eigenvalue weighted by atomic mass is 9.75. The largest absolute Gasteiger partial charge is 0.347 e. The third-order valence-corrected chi connectivity index (χ3v) is 10.5. The molecule has 0 fully saturated rings. The first-order chi connectivity index (χ1) is 21.1. The Hall–Kier alpha value is -3.85. The molecule has 6 rings (SSSR count). The Morgan fingerprint density at radius 1 is 0.909 bits per heavy atom. The summed E-state index contributed by atoms with van der Waals surface area (Å²) in [5.74, 6) is 0. The third-order valence-electron chi connectivity index (χ3n) is 9.98. The molecule has 4 aromatic carbocycles. The molecule has 0 bridgehead atoms. The van der Waals surface area contributed by atoms with Crippen molar-refractivity contribution in [3.8, 4) is 0 Å². The molecule has 0 saturated heterocycles. The van der Waals surface area contributed by atoms with Crippen molar-refractivity contribution in [1.29, 1.82) is 0 Å². The summed E-state index contributed by atoms with van der Waals surface area (Å²) in [6.45, 7) is 13.8. The van der Waals surface area contributed by atoms with Crippen LogP contribution in [0.15, 0.2) is 131 Å². The summed E-state index contributed by atoms with van der Waals surface area (Å²) in [6, 6.07) is 26.3. The fourth-order valence-electron chi connectivity index (χ4n) is 7.38. The molecule has 0 unspecified atom stereocenters. The zero-order valence-electron chi connectivity index (χ0n) is 27.0. The van der Waals surface area contributed by atoms with Gasteiger partial charge in [0.1, 0.15) is 5.69 Å². The highest BCUT2D eigenvalue weighted by atomic mass is 35.5. The summed E-state index contributed by atoms with van der Waals surface area (Å²) in [4.78, 5) is 2.35. The maximum absolute atomic E-state index is 7.13. The second-order valence-corrected chi connectivity index (χ2v) is 13.7. The number of nitrogens with two attached hydrogens (primary N) is 1. The van der Waals surface area contributed by atoms with E-state index in [1.165, 1.54) is 60.9 Å². The van der Waals surface area contributed by atoms with Gasteiger partial charge in [-0.05, 0) is 87.4 Å². The Morgan fingerprint density at radius 2 is 1.57 bits per heavy atom. The zero-order valence-corrected chi connectivity index (χ0v) is 27.7. The molecule has 2 N–H and O–H groups in total. The molecule has 0 saturated carbocycles. The van der Waals surface area contributed by atoms with Gasteiger partial charge in [0.15, 0.2) is 0 Å². The smallest absolute Gasteiger partial charge is 0.134 e. The van der Waals surface area contributed by atoms with Crippen molar-refractivity contribution in [3.05, 3.63) is 142 Å².